The van der Waals surface area contributed by atoms with Crippen LogP contribution in [0.4, 0.5) is 0 Å². The molecule has 4 heteroatoms. The van der Waals surface area contributed by atoms with Gasteiger partial charge in [-0.15, -0.1) is 0 Å². The summed E-state index contributed by atoms with van der Waals surface area (Å²) >= 11 is 0. The normalized spacial score (nSPS) is 12.2. The van der Waals surface area contributed by atoms with Crippen LogP contribution in [-0.2, 0) is 0 Å². The zero-order valence-electron chi connectivity index (χ0n) is 16.7. The van der Waals surface area contributed by atoms with Crippen molar-refractivity contribution < 1.29 is 20.1 Å². The first-order valence-corrected chi connectivity index (χ1v) is 9.94. The molecule has 152 valence electrons. The number of phenols is 3. The van der Waals surface area contributed by atoms with Crippen LogP contribution in [0.5, 0.6) is 17.2 Å². The van der Waals surface area contributed by atoms with Gasteiger partial charge in [0.2, 0.25) is 0 Å². The van der Waals surface area contributed by atoms with Crippen molar-refractivity contribution >= 4 is 5.78 Å². The topological polar surface area (TPSA) is 77.8 Å². The molecule has 0 spiro atoms. The highest BCUT2D eigenvalue weighted by Gasteiger charge is 2.17. The third-order valence-electron chi connectivity index (χ3n) is 4.10. The molecule has 4 nitrogen and oxygen atoms in total. The molecule has 3 N–H and O–H groups in total. The number of unbranched alkanes of at least 4 members (excludes halogenated alkanes) is 2. The van der Waals surface area contributed by atoms with E-state index < -0.39 is 0 Å². The minimum atomic E-state index is -0.388. The maximum absolute atomic E-state index is 12.1. The number of carbonyl (C=O) groups excluding carboxylic acids is 1. The van der Waals surface area contributed by atoms with Gasteiger partial charge in [-0.1, -0.05) is 55.5 Å². The predicted molar refractivity (Wildman–Crippen MR) is 115 cm³/mol. The molecule has 0 radical (unpaired) electrons. The summed E-state index contributed by atoms with van der Waals surface area (Å²) in [5.41, 5.74) is -0.117. The minimum absolute atomic E-state index is 0.117. The summed E-state index contributed by atoms with van der Waals surface area (Å²) in [6.07, 6.45) is 23.8. The summed E-state index contributed by atoms with van der Waals surface area (Å²) in [4.78, 5) is 12.1. The summed E-state index contributed by atoms with van der Waals surface area (Å²) < 4.78 is 0. The van der Waals surface area contributed by atoms with Crippen molar-refractivity contribution in [1.82, 2.24) is 0 Å². The van der Waals surface area contributed by atoms with E-state index in [-0.39, 0.29) is 35.0 Å². The molecule has 28 heavy (non-hydrogen) atoms. The molecule has 0 saturated carbocycles. The Balaban J connectivity index is 2.15. The second kappa shape index (κ2) is 14.3. The van der Waals surface area contributed by atoms with E-state index in [0.717, 1.165) is 50.7 Å². The van der Waals surface area contributed by atoms with E-state index in [1.165, 1.54) is 0 Å². The third-order valence-corrected chi connectivity index (χ3v) is 4.10. The zero-order chi connectivity index (χ0) is 20.6. The lowest BCUT2D eigenvalue weighted by Gasteiger charge is -2.06. The molecular formula is C24H32O4. The van der Waals surface area contributed by atoms with Gasteiger partial charge in [-0.25, -0.2) is 0 Å². The summed E-state index contributed by atoms with van der Waals surface area (Å²) in [7, 11) is 0. The Morgan fingerprint density at radius 2 is 1.29 bits per heavy atom. The van der Waals surface area contributed by atoms with E-state index in [2.05, 4.69) is 55.5 Å². The van der Waals surface area contributed by atoms with Crippen molar-refractivity contribution in [2.45, 2.75) is 58.3 Å². The number of carbonyl (C=O) groups is 1. The molecule has 0 bridgehead atoms. The molecule has 1 aromatic carbocycles. The lowest BCUT2D eigenvalue weighted by atomic mass is 10.0. The summed E-state index contributed by atoms with van der Waals surface area (Å²) in [6.45, 7) is 2.13. The molecule has 0 fully saturated rings. The van der Waals surface area contributed by atoms with Gasteiger partial charge in [0, 0.05) is 18.6 Å². The van der Waals surface area contributed by atoms with E-state index in [0.29, 0.717) is 6.42 Å². The van der Waals surface area contributed by atoms with E-state index in [4.69, 9.17) is 0 Å². The highest BCUT2D eigenvalue weighted by atomic mass is 16.3. The van der Waals surface area contributed by atoms with E-state index in [1.54, 1.807) is 0 Å². The van der Waals surface area contributed by atoms with Gasteiger partial charge in [-0.3, -0.25) is 4.79 Å². The third kappa shape index (κ3) is 9.81. The molecule has 0 saturated heterocycles. The first-order valence-electron chi connectivity index (χ1n) is 9.94. The molecule has 0 atom stereocenters. The largest absolute Gasteiger partial charge is 0.508 e. The Morgan fingerprint density at radius 1 is 0.786 bits per heavy atom. The first-order chi connectivity index (χ1) is 13.6. The van der Waals surface area contributed by atoms with Crippen molar-refractivity contribution in [3.05, 3.63) is 66.3 Å². The molecule has 0 aliphatic heterocycles. The lowest BCUT2D eigenvalue weighted by Crippen LogP contribution is -2.00. The summed E-state index contributed by atoms with van der Waals surface area (Å²) in [6, 6.07) is 2.12. The highest BCUT2D eigenvalue weighted by molar-refractivity contribution is 6.01. The van der Waals surface area contributed by atoms with Gasteiger partial charge in [0.25, 0.3) is 0 Å². The number of aromatic hydroxyl groups is 3. The van der Waals surface area contributed by atoms with Gasteiger partial charge in [-0.05, 0) is 44.9 Å². The molecule has 0 aliphatic carbocycles. The Hall–Kier alpha value is -2.75. The number of ketones is 1. The van der Waals surface area contributed by atoms with Gasteiger partial charge >= 0.3 is 0 Å². The molecule has 0 unspecified atom stereocenters. The average molecular weight is 385 g/mol. The maximum atomic E-state index is 12.1. The average Bonchev–Trinajstić information content (AvgIpc) is 2.64. The Kier molecular flexibility index (Phi) is 11.9. The van der Waals surface area contributed by atoms with Gasteiger partial charge in [-0.2, -0.15) is 0 Å². The Bertz CT molecular complexity index is 688. The molecule has 0 aromatic heterocycles. The van der Waals surface area contributed by atoms with Gasteiger partial charge < -0.3 is 15.3 Å². The molecule has 0 aliphatic rings. The molecule has 1 aromatic rings. The zero-order valence-corrected chi connectivity index (χ0v) is 16.7. The fraction of sp³-hybridized carbons (Fsp3) is 0.375. The van der Waals surface area contributed by atoms with Gasteiger partial charge in [0.05, 0.1) is 0 Å². The van der Waals surface area contributed by atoms with Crippen LogP contribution >= 0.6 is 0 Å². The van der Waals surface area contributed by atoms with Crippen molar-refractivity contribution in [3.63, 3.8) is 0 Å². The maximum Gasteiger partial charge on any atom is 0.170 e. The number of phenolic OH excluding ortho intramolecular Hbond substituents is 3. The number of benzene rings is 1. The SMILES string of the molecule is CCC=CCC=CCC=CCC=CCCCCC(=O)c1c(O)cc(O)cc1O. The van der Waals surface area contributed by atoms with Crippen LogP contribution in [0.15, 0.2) is 60.7 Å². The fourth-order valence-corrected chi connectivity index (χ4v) is 2.65. The van der Waals surface area contributed by atoms with Crippen LogP contribution in [0.3, 0.4) is 0 Å². The predicted octanol–water partition coefficient (Wildman–Crippen LogP) is 6.35. The van der Waals surface area contributed by atoms with Crippen LogP contribution in [0.1, 0.15) is 68.6 Å². The summed E-state index contributed by atoms with van der Waals surface area (Å²) in [5, 5.41) is 28.7. The van der Waals surface area contributed by atoms with E-state index >= 15 is 0 Å². The van der Waals surface area contributed by atoms with Crippen LogP contribution in [0, 0.1) is 0 Å². The standard InChI is InChI=1S/C24H32O4/c1-2-3-4-5-6-7-8-9-10-11-12-13-14-15-16-17-21(26)24-22(27)18-20(25)19-23(24)28/h3-4,6-7,9-10,12-13,18-19,25,27-28H,2,5,8,11,14-17H2,1H3. The quantitative estimate of drug-likeness (QED) is 0.210. The highest BCUT2D eigenvalue weighted by Crippen LogP contribution is 2.33. The lowest BCUT2D eigenvalue weighted by molar-refractivity contribution is 0.0974. The van der Waals surface area contributed by atoms with Crippen LogP contribution in [-0.4, -0.2) is 21.1 Å². The Morgan fingerprint density at radius 3 is 1.82 bits per heavy atom. The second-order valence-corrected chi connectivity index (χ2v) is 6.53. The molecule has 1 rings (SSSR count). The minimum Gasteiger partial charge on any atom is -0.508 e. The van der Waals surface area contributed by atoms with Crippen molar-refractivity contribution in [2.75, 3.05) is 0 Å². The van der Waals surface area contributed by atoms with Crippen molar-refractivity contribution in [2.24, 2.45) is 0 Å². The number of rotatable bonds is 13. The van der Waals surface area contributed by atoms with Gasteiger partial charge in [0.15, 0.2) is 5.78 Å². The molecule has 0 heterocycles. The monoisotopic (exact) mass is 384 g/mol. The van der Waals surface area contributed by atoms with E-state index in [9.17, 15) is 20.1 Å². The number of hydrogen-bond acceptors (Lipinski definition) is 4. The number of hydrogen-bond donors (Lipinski definition) is 3. The van der Waals surface area contributed by atoms with Crippen LogP contribution in [0.25, 0.3) is 0 Å². The van der Waals surface area contributed by atoms with E-state index in [1.807, 2.05) is 0 Å². The van der Waals surface area contributed by atoms with Crippen LogP contribution in [0.2, 0.25) is 0 Å². The Labute approximate surface area is 168 Å². The summed E-state index contributed by atoms with van der Waals surface area (Å²) in [5.74, 6) is -1.37. The molecule has 0 amide bonds. The van der Waals surface area contributed by atoms with Gasteiger partial charge in [0.1, 0.15) is 22.8 Å². The van der Waals surface area contributed by atoms with Crippen molar-refractivity contribution in [1.29, 1.82) is 0 Å². The van der Waals surface area contributed by atoms with Crippen LogP contribution < -0.4 is 0 Å². The number of Topliss-reactive ketones (excluding diaryl/α,β-unsaturated/α-hetero) is 1. The fourth-order valence-electron chi connectivity index (χ4n) is 2.65. The number of allylic oxidation sites excluding steroid dienone is 8. The first kappa shape index (κ1) is 23.3. The second-order valence-electron chi connectivity index (χ2n) is 6.53. The smallest absolute Gasteiger partial charge is 0.170 e. The molecular weight excluding hydrogens is 352 g/mol. The van der Waals surface area contributed by atoms with Crippen molar-refractivity contribution in [3.8, 4) is 17.2 Å².